The van der Waals surface area contributed by atoms with E-state index in [9.17, 15) is 10.1 Å². The number of hydrogen-bond acceptors (Lipinski definition) is 8. The van der Waals surface area contributed by atoms with E-state index in [0.29, 0.717) is 53.2 Å². The van der Waals surface area contributed by atoms with Crippen molar-refractivity contribution in [2.24, 2.45) is 0 Å². The summed E-state index contributed by atoms with van der Waals surface area (Å²) in [6.07, 6.45) is 5.29. The lowest BCUT2D eigenvalue weighted by Gasteiger charge is -2.41. The first-order chi connectivity index (χ1) is 20.4. The Morgan fingerprint density at radius 3 is 2.81 bits per heavy atom. The number of halogens is 2. The minimum atomic E-state index is -0.326. The van der Waals surface area contributed by atoms with Gasteiger partial charge >= 0.3 is 6.01 Å². The molecule has 1 amide bonds. The van der Waals surface area contributed by atoms with E-state index < -0.39 is 0 Å². The molecular formula is C31H30Cl2N6O3. The monoisotopic (exact) mass is 604 g/mol. The number of ether oxygens (including phenoxy) is 1. The van der Waals surface area contributed by atoms with Crippen LogP contribution in [0.3, 0.4) is 0 Å². The molecule has 11 heteroatoms. The van der Waals surface area contributed by atoms with Crippen molar-refractivity contribution in [1.82, 2.24) is 19.8 Å². The maximum absolute atomic E-state index is 12.6. The molecule has 4 heterocycles. The molecule has 0 saturated carbocycles. The number of rotatable bonds is 7. The van der Waals surface area contributed by atoms with E-state index in [1.807, 2.05) is 18.2 Å². The average molecular weight is 606 g/mol. The van der Waals surface area contributed by atoms with Crippen LogP contribution in [0.15, 0.2) is 53.7 Å². The first-order valence-electron chi connectivity index (χ1n) is 13.9. The fourth-order valence-corrected chi connectivity index (χ4v) is 6.40. The second-order valence-electron chi connectivity index (χ2n) is 10.7. The van der Waals surface area contributed by atoms with Gasteiger partial charge < -0.3 is 23.9 Å². The molecule has 0 unspecified atom stereocenters. The highest BCUT2D eigenvalue weighted by Crippen LogP contribution is 2.42. The van der Waals surface area contributed by atoms with Gasteiger partial charge in [0.15, 0.2) is 0 Å². The van der Waals surface area contributed by atoms with Crippen molar-refractivity contribution in [3.05, 3.63) is 59.3 Å². The van der Waals surface area contributed by atoms with E-state index in [-0.39, 0.29) is 30.4 Å². The Kier molecular flexibility index (Phi) is 7.95. The fraction of sp³-hybridized carbons (Fsp3) is 0.355. The first kappa shape index (κ1) is 28.3. The molecule has 2 saturated heterocycles. The Morgan fingerprint density at radius 1 is 1.19 bits per heavy atom. The van der Waals surface area contributed by atoms with Gasteiger partial charge in [0.25, 0.3) is 0 Å². The zero-order valence-electron chi connectivity index (χ0n) is 23.2. The van der Waals surface area contributed by atoms with Gasteiger partial charge in [0.1, 0.15) is 18.0 Å². The molecule has 2 fully saturated rings. The van der Waals surface area contributed by atoms with E-state index in [4.69, 9.17) is 42.3 Å². The van der Waals surface area contributed by atoms with Gasteiger partial charge in [0, 0.05) is 46.7 Å². The molecule has 6 rings (SSSR count). The van der Waals surface area contributed by atoms with E-state index in [1.165, 1.54) is 6.08 Å². The van der Waals surface area contributed by atoms with Crippen molar-refractivity contribution in [3.63, 3.8) is 0 Å². The normalized spacial score (nSPS) is 19.4. The number of aromatic nitrogens is 2. The van der Waals surface area contributed by atoms with Gasteiger partial charge in [-0.2, -0.15) is 15.2 Å². The lowest BCUT2D eigenvalue weighted by atomic mass is 9.99. The molecular weight excluding hydrogens is 575 g/mol. The minimum Gasteiger partial charge on any atom is -0.463 e. The Morgan fingerprint density at radius 2 is 2.05 bits per heavy atom. The zero-order chi connectivity index (χ0) is 29.4. The number of nitrogens with zero attached hydrogens (tertiary/aromatic N) is 6. The number of likely N-dealkylation sites (tertiary alicyclic amines) is 1. The van der Waals surface area contributed by atoms with Crippen LogP contribution in [-0.2, 0) is 4.79 Å². The Labute approximate surface area is 253 Å². The molecule has 0 aliphatic carbocycles. The summed E-state index contributed by atoms with van der Waals surface area (Å²) in [5, 5.41) is 12.2. The van der Waals surface area contributed by atoms with Gasteiger partial charge in [-0.1, -0.05) is 29.8 Å². The first-order valence-corrected chi connectivity index (χ1v) is 14.7. The third-order valence-corrected chi connectivity index (χ3v) is 8.79. The molecule has 2 aromatic carbocycles. The summed E-state index contributed by atoms with van der Waals surface area (Å²) < 4.78 is 12.3. The summed E-state index contributed by atoms with van der Waals surface area (Å²) in [5.41, 5.74) is 2.83. The van der Waals surface area contributed by atoms with Crippen molar-refractivity contribution in [3.8, 4) is 23.2 Å². The second-order valence-corrected chi connectivity index (χ2v) is 11.6. The van der Waals surface area contributed by atoms with Crippen LogP contribution < -0.4 is 9.64 Å². The molecule has 2 atom stereocenters. The summed E-state index contributed by atoms with van der Waals surface area (Å²) in [4.78, 5) is 28.4. The molecule has 0 spiro atoms. The zero-order valence-corrected chi connectivity index (χ0v) is 24.7. The predicted octanol–water partition coefficient (Wildman–Crippen LogP) is 5.94. The van der Waals surface area contributed by atoms with Crippen molar-refractivity contribution in [2.45, 2.75) is 31.3 Å². The second kappa shape index (κ2) is 11.8. The number of piperazine rings is 1. The molecule has 2 aliphatic heterocycles. The topological polar surface area (TPSA) is 98.7 Å². The van der Waals surface area contributed by atoms with Crippen LogP contribution >= 0.6 is 23.2 Å². The van der Waals surface area contributed by atoms with E-state index in [1.54, 1.807) is 23.3 Å². The van der Waals surface area contributed by atoms with Gasteiger partial charge in [0.05, 0.1) is 35.7 Å². The highest BCUT2D eigenvalue weighted by atomic mass is 35.5. The number of benzene rings is 2. The lowest BCUT2D eigenvalue weighted by molar-refractivity contribution is -0.128. The van der Waals surface area contributed by atoms with Crippen LogP contribution in [0, 0.1) is 11.3 Å². The number of carbonyl (C=O) groups excluding carboxylic acids is 1. The van der Waals surface area contributed by atoms with Crippen LogP contribution in [0.25, 0.3) is 33.0 Å². The van der Waals surface area contributed by atoms with Crippen LogP contribution in [0.1, 0.15) is 19.3 Å². The Bertz CT molecular complexity index is 1720. The van der Waals surface area contributed by atoms with Crippen molar-refractivity contribution < 1.29 is 13.9 Å². The van der Waals surface area contributed by atoms with Crippen LogP contribution in [0.5, 0.6) is 6.01 Å². The number of carbonyl (C=O) groups is 1. The summed E-state index contributed by atoms with van der Waals surface area (Å²) >= 11 is 13.0. The maximum atomic E-state index is 12.6. The Balaban J connectivity index is 1.50. The number of anilines is 1. The number of nitriles is 1. The predicted molar refractivity (Wildman–Crippen MR) is 164 cm³/mol. The van der Waals surface area contributed by atoms with Crippen molar-refractivity contribution in [1.29, 1.82) is 5.26 Å². The molecule has 4 aromatic rings. The molecule has 9 nitrogen and oxygen atoms in total. The number of hydrogen-bond donors (Lipinski definition) is 0. The van der Waals surface area contributed by atoms with Gasteiger partial charge in [0.2, 0.25) is 5.91 Å². The van der Waals surface area contributed by atoms with Crippen LogP contribution in [0.2, 0.25) is 10.0 Å². The average Bonchev–Trinajstić information content (AvgIpc) is 3.65. The number of amides is 1. The molecule has 2 aromatic heterocycles. The molecule has 0 bridgehead atoms. The number of fused-ring (bicyclic) bond motifs is 3. The molecule has 0 N–H and O–H groups in total. The summed E-state index contributed by atoms with van der Waals surface area (Å²) in [5.74, 6) is 0.440. The minimum absolute atomic E-state index is 0.185. The van der Waals surface area contributed by atoms with Crippen LogP contribution in [0.4, 0.5) is 5.82 Å². The van der Waals surface area contributed by atoms with E-state index >= 15 is 0 Å². The third kappa shape index (κ3) is 5.26. The number of furan rings is 1. The molecule has 216 valence electrons. The van der Waals surface area contributed by atoms with Gasteiger partial charge in [-0.25, -0.2) is 0 Å². The lowest BCUT2D eigenvalue weighted by Crippen LogP contribution is -2.55. The highest BCUT2D eigenvalue weighted by molar-refractivity contribution is 6.36. The maximum Gasteiger partial charge on any atom is 0.319 e. The Hall–Kier alpha value is -3.84. The largest absolute Gasteiger partial charge is 0.463 e. The quantitative estimate of drug-likeness (QED) is 0.239. The van der Waals surface area contributed by atoms with Gasteiger partial charge in [-0.15, -0.1) is 0 Å². The molecule has 42 heavy (non-hydrogen) atoms. The highest BCUT2D eigenvalue weighted by Gasteiger charge is 2.32. The van der Waals surface area contributed by atoms with E-state index in [2.05, 4.69) is 29.5 Å². The number of likely N-dealkylation sites (N-methyl/N-ethyl adjacent to an activating group) is 1. The van der Waals surface area contributed by atoms with Gasteiger partial charge in [-0.3, -0.25) is 4.79 Å². The summed E-state index contributed by atoms with van der Waals surface area (Å²) in [6.45, 7) is 6.47. The molecule has 2 aliphatic rings. The smallest absolute Gasteiger partial charge is 0.319 e. The van der Waals surface area contributed by atoms with Crippen LogP contribution in [-0.4, -0.2) is 77.6 Å². The standard InChI is InChI=1S/C31H30Cl2N6O3/c1-3-27(40)39-13-12-38(17-20(39)8-10-34)30-28-26(35-31(36-30)42-18-21-5-4-11-37(21)2)16-23(22-9-14-41-29(22)28)24-15-19(32)6-7-25(24)33/h3,6-7,9,14-16,20-21H,1,4-5,8,11-13,17-18H2,2H3/t20-,21-/m0/s1. The van der Waals surface area contributed by atoms with E-state index in [0.717, 1.165) is 41.3 Å². The molecule has 0 radical (unpaired) electrons. The SMILES string of the molecule is C=CC(=O)N1CCN(c2nc(OC[C@@H]3CCCN3C)nc3cc(-c4cc(Cl)ccc4Cl)c4ccoc4c23)C[C@@H]1CC#N. The summed E-state index contributed by atoms with van der Waals surface area (Å²) in [7, 11) is 2.10. The third-order valence-electron chi connectivity index (χ3n) is 8.22. The van der Waals surface area contributed by atoms with Crippen molar-refractivity contribution >= 4 is 56.8 Å². The van der Waals surface area contributed by atoms with Gasteiger partial charge in [-0.05, 0) is 68.4 Å². The fourth-order valence-electron chi connectivity index (χ4n) is 6.01. The van der Waals surface area contributed by atoms with Crippen molar-refractivity contribution in [2.75, 3.05) is 44.7 Å². The summed E-state index contributed by atoms with van der Waals surface area (Å²) in [6, 6.07) is 11.7.